The summed E-state index contributed by atoms with van der Waals surface area (Å²) >= 11 is 0. The Morgan fingerprint density at radius 1 is 0.833 bits per heavy atom. The number of unbranched alkanes of at least 4 members (excludes halogenated alkanes) is 2. The smallest absolute Gasteiger partial charge is 0.145 e. The minimum Gasteiger partial charge on any atom is -0.428 e. The lowest BCUT2D eigenvalue weighted by molar-refractivity contribution is 0.0480. The van der Waals surface area contributed by atoms with Crippen molar-refractivity contribution < 1.29 is 4.43 Å². The maximum atomic E-state index is 5.25. The number of hydrogen-bond acceptors (Lipinski definition) is 3. The second-order valence-corrected chi connectivity index (χ2v) is 5.34. The van der Waals surface area contributed by atoms with Crippen molar-refractivity contribution in [2.24, 2.45) is 0 Å². The van der Waals surface area contributed by atoms with Crippen LogP contribution in [0.4, 0.5) is 0 Å². The second kappa shape index (κ2) is 12.1. The molecule has 0 saturated carbocycles. The van der Waals surface area contributed by atoms with Crippen LogP contribution in [0.3, 0.4) is 0 Å². The number of nitrogens with zero attached hydrogens (tertiary/aromatic N) is 2. The largest absolute Gasteiger partial charge is 0.428 e. The van der Waals surface area contributed by atoms with E-state index in [0.29, 0.717) is 6.17 Å². The second-order valence-electron chi connectivity index (χ2n) is 4.77. The molecule has 0 radical (unpaired) electrons. The maximum Gasteiger partial charge on any atom is 0.145 e. The van der Waals surface area contributed by atoms with Crippen molar-refractivity contribution in [2.45, 2.75) is 59.5 Å². The summed E-state index contributed by atoms with van der Waals surface area (Å²) in [4.78, 5) is 5.19. The fraction of sp³-hybridized carbons (Fsp3) is 1.00. The summed E-state index contributed by atoms with van der Waals surface area (Å²) in [5, 5.41) is 0. The van der Waals surface area contributed by atoms with Crippen LogP contribution in [-0.2, 0) is 4.43 Å². The summed E-state index contributed by atoms with van der Waals surface area (Å²) in [5.74, 6) is 0. The fourth-order valence-electron chi connectivity index (χ4n) is 2.64. The molecule has 0 saturated heterocycles. The van der Waals surface area contributed by atoms with Crippen LogP contribution in [0.2, 0.25) is 0 Å². The quantitative estimate of drug-likeness (QED) is 0.307. The first-order chi connectivity index (χ1) is 8.74. The minimum atomic E-state index is 0.631. The molecule has 0 aromatic rings. The molecule has 0 aliphatic rings. The lowest BCUT2D eigenvalue weighted by atomic mass is 10.1. The molecule has 4 heteroatoms. The molecule has 0 unspecified atom stereocenters. The fourth-order valence-corrected chi connectivity index (χ4v) is 2.93. The molecule has 0 aromatic carbocycles. The number of rotatable bonds is 12. The highest BCUT2D eigenvalue weighted by Crippen LogP contribution is 2.14. The van der Waals surface area contributed by atoms with E-state index in [9.17, 15) is 0 Å². The van der Waals surface area contributed by atoms with Crippen molar-refractivity contribution in [1.82, 2.24) is 9.80 Å². The van der Waals surface area contributed by atoms with Crippen LogP contribution >= 0.6 is 0 Å². The third-order valence-electron chi connectivity index (χ3n) is 3.78. The molecule has 0 spiro atoms. The van der Waals surface area contributed by atoms with Gasteiger partial charge in [-0.3, -0.25) is 9.80 Å². The van der Waals surface area contributed by atoms with Gasteiger partial charge in [-0.15, -0.1) is 0 Å². The summed E-state index contributed by atoms with van der Waals surface area (Å²) in [6.07, 6.45) is 5.79. The van der Waals surface area contributed by atoms with E-state index < -0.39 is 0 Å². The monoisotopic (exact) mass is 274 g/mol. The molecule has 0 heterocycles. The first kappa shape index (κ1) is 18.1. The van der Waals surface area contributed by atoms with Gasteiger partial charge < -0.3 is 4.43 Å². The zero-order valence-corrected chi connectivity index (χ0v) is 15.2. The van der Waals surface area contributed by atoms with Gasteiger partial charge in [-0.2, -0.15) is 0 Å². The van der Waals surface area contributed by atoms with E-state index in [1.54, 1.807) is 0 Å². The predicted octanol–water partition coefficient (Wildman–Crippen LogP) is 1.85. The molecule has 0 N–H and O–H groups in total. The lowest BCUT2D eigenvalue weighted by Gasteiger charge is -2.38. The Kier molecular flexibility index (Phi) is 12.2. The topological polar surface area (TPSA) is 15.7 Å². The third-order valence-corrected chi connectivity index (χ3v) is 4.19. The molecule has 0 fully saturated rings. The Balaban J connectivity index is 4.19. The van der Waals surface area contributed by atoms with E-state index in [4.69, 9.17) is 4.43 Å². The molecule has 0 aliphatic heterocycles. The molecule has 0 bridgehead atoms. The highest BCUT2D eigenvalue weighted by atomic mass is 28.2. The van der Waals surface area contributed by atoms with Crippen molar-refractivity contribution in [1.29, 1.82) is 0 Å². The molecular weight excluding hydrogens is 240 g/mol. The Morgan fingerprint density at radius 2 is 1.33 bits per heavy atom. The zero-order chi connectivity index (χ0) is 13.8. The Morgan fingerprint density at radius 3 is 1.72 bits per heavy atom. The van der Waals surface area contributed by atoms with Gasteiger partial charge >= 0.3 is 0 Å². The van der Waals surface area contributed by atoms with E-state index in [2.05, 4.69) is 37.5 Å². The van der Waals surface area contributed by atoms with E-state index in [1.807, 2.05) is 0 Å². The van der Waals surface area contributed by atoms with Gasteiger partial charge in [0.15, 0.2) is 0 Å². The van der Waals surface area contributed by atoms with Gasteiger partial charge in [0.2, 0.25) is 0 Å². The molecular formula is C14H34N2OSi. The van der Waals surface area contributed by atoms with E-state index in [1.165, 1.54) is 25.7 Å². The molecule has 0 amide bonds. The van der Waals surface area contributed by atoms with Gasteiger partial charge in [0, 0.05) is 6.61 Å². The van der Waals surface area contributed by atoms with Crippen LogP contribution in [0, 0.1) is 0 Å². The molecule has 18 heavy (non-hydrogen) atoms. The van der Waals surface area contributed by atoms with Gasteiger partial charge in [0.25, 0.3) is 0 Å². The third kappa shape index (κ3) is 6.88. The summed E-state index contributed by atoms with van der Waals surface area (Å²) in [5.41, 5.74) is 0. The van der Waals surface area contributed by atoms with Gasteiger partial charge in [0.05, 0.1) is 6.17 Å². The van der Waals surface area contributed by atoms with E-state index >= 15 is 0 Å². The number of hydrogen-bond donors (Lipinski definition) is 0. The Bertz CT molecular complexity index is 161. The predicted molar refractivity (Wildman–Crippen MR) is 84.0 cm³/mol. The van der Waals surface area contributed by atoms with Gasteiger partial charge in [0.1, 0.15) is 10.5 Å². The molecule has 0 aliphatic carbocycles. The van der Waals surface area contributed by atoms with Crippen LogP contribution in [0.25, 0.3) is 0 Å². The van der Waals surface area contributed by atoms with Gasteiger partial charge in [-0.1, -0.05) is 40.5 Å². The Labute approximate surface area is 117 Å². The molecule has 3 nitrogen and oxygen atoms in total. The molecule has 0 aromatic heterocycles. The van der Waals surface area contributed by atoms with Crippen LogP contribution in [0.15, 0.2) is 0 Å². The highest BCUT2D eigenvalue weighted by Gasteiger charge is 2.20. The van der Waals surface area contributed by atoms with Gasteiger partial charge in [-0.25, -0.2) is 0 Å². The lowest BCUT2D eigenvalue weighted by Crippen LogP contribution is -2.48. The summed E-state index contributed by atoms with van der Waals surface area (Å²) in [7, 11) is 0.883. The normalized spacial score (nSPS) is 12.2. The molecule has 0 atom stereocenters. The van der Waals surface area contributed by atoms with Gasteiger partial charge in [-0.05, 0) is 39.0 Å². The van der Waals surface area contributed by atoms with Crippen molar-refractivity contribution in [3.63, 3.8) is 0 Å². The van der Waals surface area contributed by atoms with Crippen molar-refractivity contribution in [3.8, 4) is 0 Å². The summed E-state index contributed by atoms with van der Waals surface area (Å²) in [6.45, 7) is 14.7. The first-order valence-electron chi connectivity index (χ1n) is 7.71. The van der Waals surface area contributed by atoms with Crippen LogP contribution in [0.5, 0.6) is 0 Å². The van der Waals surface area contributed by atoms with E-state index in [-0.39, 0.29) is 0 Å². The average molecular weight is 275 g/mol. The first-order valence-corrected chi connectivity index (χ1v) is 8.53. The van der Waals surface area contributed by atoms with Crippen LogP contribution < -0.4 is 0 Å². The summed E-state index contributed by atoms with van der Waals surface area (Å²) in [6, 6.07) is 0. The minimum absolute atomic E-state index is 0.631. The van der Waals surface area contributed by atoms with Crippen molar-refractivity contribution >= 4 is 10.5 Å². The van der Waals surface area contributed by atoms with Crippen molar-refractivity contribution in [3.05, 3.63) is 0 Å². The SMILES string of the molecule is CCN(CC)C(CCCCCO[SiH3])N(CC)CC. The maximum absolute atomic E-state index is 5.25. The van der Waals surface area contributed by atoms with Crippen LogP contribution in [-0.4, -0.2) is 59.2 Å². The molecule has 110 valence electrons. The van der Waals surface area contributed by atoms with E-state index in [0.717, 1.165) is 43.3 Å². The van der Waals surface area contributed by atoms with Crippen LogP contribution in [0.1, 0.15) is 53.4 Å². The Hall–Kier alpha value is 0.0969. The summed E-state index contributed by atoms with van der Waals surface area (Å²) < 4.78 is 5.25. The standard InChI is InChI=1S/C14H34N2OSi/c1-5-15(6-2)14(16(7-3)8-4)12-10-9-11-13-17-18/h14H,5-13H2,1-4,18H3. The highest BCUT2D eigenvalue weighted by molar-refractivity contribution is 5.97. The average Bonchev–Trinajstić information content (AvgIpc) is 2.40. The van der Waals surface area contributed by atoms with Crippen molar-refractivity contribution in [2.75, 3.05) is 32.8 Å². The molecule has 0 rings (SSSR count). The zero-order valence-electron chi connectivity index (χ0n) is 13.2.